The van der Waals surface area contributed by atoms with Crippen LogP contribution in [0.5, 0.6) is 0 Å². The molecular formula is C13H28N2O. The van der Waals surface area contributed by atoms with Gasteiger partial charge in [0.1, 0.15) is 0 Å². The van der Waals surface area contributed by atoms with Crippen molar-refractivity contribution in [2.45, 2.75) is 45.6 Å². The van der Waals surface area contributed by atoms with Crippen molar-refractivity contribution in [2.75, 3.05) is 32.8 Å². The van der Waals surface area contributed by atoms with Gasteiger partial charge in [-0.2, -0.15) is 0 Å². The number of piperidine rings is 1. The molecule has 1 aliphatic rings. The quantitative estimate of drug-likeness (QED) is 0.621. The molecule has 0 aromatic carbocycles. The van der Waals surface area contributed by atoms with Crippen LogP contribution < -0.4 is 10.6 Å². The molecule has 1 fully saturated rings. The van der Waals surface area contributed by atoms with E-state index in [2.05, 4.69) is 24.5 Å². The zero-order valence-electron chi connectivity index (χ0n) is 10.9. The van der Waals surface area contributed by atoms with Gasteiger partial charge in [-0.25, -0.2) is 0 Å². The van der Waals surface area contributed by atoms with Gasteiger partial charge in [0.05, 0.1) is 0 Å². The first-order valence-electron chi connectivity index (χ1n) is 6.81. The highest BCUT2D eigenvalue weighted by Crippen LogP contribution is 2.05. The molecule has 0 radical (unpaired) electrons. The van der Waals surface area contributed by atoms with Crippen LogP contribution >= 0.6 is 0 Å². The predicted molar refractivity (Wildman–Crippen MR) is 68.8 cm³/mol. The molecule has 16 heavy (non-hydrogen) atoms. The van der Waals surface area contributed by atoms with E-state index in [9.17, 15) is 0 Å². The maximum atomic E-state index is 5.53. The first-order valence-corrected chi connectivity index (χ1v) is 6.81. The summed E-state index contributed by atoms with van der Waals surface area (Å²) in [7, 11) is 0. The number of hydrogen-bond donors (Lipinski definition) is 2. The summed E-state index contributed by atoms with van der Waals surface area (Å²) >= 11 is 0. The van der Waals surface area contributed by atoms with E-state index in [1.165, 1.54) is 25.8 Å². The summed E-state index contributed by atoms with van der Waals surface area (Å²) in [6.07, 6.45) is 5.19. The van der Waals surface area contributed by atoms with Crippen molar-refractivity contribution in [1.29, 1.82) is 0 Å². The molecule has 0 spiro atoms. The van der Waals surface area contributed by atoms with E-state index in [1.54, 1.807) is 0 Å². The van der Waals surface area contributed by atoms with Crippen molar-refractivity contribution >= 4 is 0 Å². The Hall–Kier alpha value is -0.120. The molecule has 0 aromatic rings. The number of hydrogen-bond acceptors (Lipinski definition) is 3. The third-order valence-electron chi connectivity index (χ3n) is 2.90. The normalized spacial score (nSPS) is 21.6. The smallest absolute Gasteiger partial charge is 0.0489 e. The Bertz CT molecular complexity index is 156. The minimum atomic E-state index is 0.652. The van der Waals surface area contributed by atoms with Gasteiger partial charge in [-0.3, -0.25) is 0 Å². The summed E-state index contributed by atoms with van der Waals surface area (Å²) in [4.78, 5) is 0. The Morgan fingerprint density at radius 3 is 2.94 bits per heavy atom. The van der Waals surface area contributed by atoms with Gasteiger partial charge in [-0.1, -0.05) is 20.3 Å². The summed E-state index contributed by atoms with van der Waals surface area (Å²) in [5.41, 5.74) is 0. The Morgan fingerprint density at radius 2 is 2.25 bits per heavy atom. The zero-order valence-corrected chi connectivity index (χ0v) is 10.9. The van der Waals surface area contributed by atoms with E-state index in [0.717, 1.165) is 32.7 Å². The fourth-order valence-electron chi connectivity index (χ4n) is 1.99. The first-order chi connectivity index (χ1) is 7.79. The Balaban J connectivity index is 1.80. The summed E-state index contributed by atoms with van der Waals surface area (Å²) in [6, 6.07) is 0.699. The average molecular weight is 228 g/mol. The minimum Gasteiger partial charge on any atom is -0.381 e. The van der Waals surface area contributed by atoms with Gasteiger partial charge in [0.15, 0.2) is 0 Å². The number of rotatable bonds is 8. The molecule has 0 aromatic heterocycles. The molecule has 1 heterocycles. The van der Waals surface area contributed by atoms with Crippen LogP contribution in [0.15, 0.2) is 0 Å². The van der Waals surface area contributed by atoms with Crippen molar-refractivity contribution in [3.05, 3.63) is 0 Å². The van der Waals surface area contributed by atoms with Gasteiger partial charge in [0.25, 0.3) is 0 Å². The van der Waals surface area contributed by atoms with Gasteiger partial charge in [-0.15, -0.1) is 0 Å². The van der Waals surface area contributed by atoms with E-state index >= 15 is 0 Å². The molecule has 0 bridgehead atoms. The van der Waals surface area contributed by atoms with Gasteiger partial charge in [-0.05, 0) is 38.3 Å². The van der Waals surface area contributed by atoms with Crippen LogP contribution in [0.3, 0.4) is 0 Å². The molecular weight excluding hydrogens is 200 g/mol. The second-order valence-corrected chi connectivity index (χ2v) is 5.17. The molecule has 96 valence electrons. The predicted octanol–water partition coefficient (Wildman–Crippen LogP) is 1.78. The highest BCUT2D eigenvalue weighted by Gasteiger charge is 2.10. The largest absolute Gasteiger partial charge is 0.381 e. The maximum Gasteiger partial charge on any atom is 0.0489 e. The van der Waals surface area contributed by atoms with Gasteiger partial charge >= 0.3 is 0 Å². The molecule has 3 heteroatoms. The van der Waals surface area contributed by atoms with Crippen molar-refractivity contribution in [1.82, 2.24) is 10.6 Å². The van der Waals surface area contributed by atoms with Gasteiger partial charge < -0.3 is 15.4 Å². The number of nitrogens with one attached hydrogen (secondary N) is 2. The number of ether oxygens (including phenoxy) is 1. The van der Waals surface area contributed by atoms with Crippen LogP contribution in [-0.4, -0.2) is 38.9 Å². The maximum absolute atomic E-state index is 5.53. The van der Waals surface area contributed by atoms with E-state index in [0.29, 0.717) is 12.0 Å². The molecule has 2 N–H and O–H groups in total. The fourth-order valence-corrected chi connectivity index (χ4v) is 1.99. The molecule has 0 saturated carbocycles. The molecule has 0 amide bonds. The van der Waals surface area contributed by atoms with Crippen LogP contribution in [0.1, 0.15) is 39.5 Å². The summed E-state index contributed by atoms with van der Waals surface area (Å²) in [5, 5.41) is 7.04. The summed E-state index contributed by atoms with van der Waals surface area (Å²) in [6.45, 7) is 9.55. The van der Waals surface area contributed by atoms with E-state index in [4.69, 9.17) is 4.74 Å². The monoisotopic (exact) mass is 228 g/mol. The second-order valence-electron chi connectivity index (χ2n) is 5.17. The molecule has 3 nitrogen and oxygen atoms in total. The van der Waals surface area contributed by atoms with Gasteiger partial charge in [0, 0.05) is 25.8 Å². The van der Waals surface area contributed by atoms with Crippen molar-refractivity contribution < 1.29 is 4.74 Å². The highest BCUT2D eigenvalue weighted by atomic mass is 16.5. The Morgan fingerprint density at radius 1 is 1.38 bits per heavy atom. The first kappa shape index (κ1) is 13.9. The Labute approximate surface area is 100 Å². The summed E-state index contributed by atoms with van der Waals surface area (Å²) in [5.74, 6) is 0.652. The molecule has 1 rings (SSSR count). The lowest BCUT2D eigenvalue weighted by Gasteiger charge is -2.23. The van der Waals surface area contributed by atoms with Crippen molar-refractivity contribution in [2.24, 2.45) is 5.92 Å². The molecule has 1 aliphatic heterocycles. The Kier molecular flexibility index (Phi) is 7.81. The highest BCUT2D eigenvalue weighted by molar-refractivity contribution is 4.73. The molecule has 1 atom stereocenters. The molecule has 1 unspecified atom stereocenters. The van der Waals surface area contributed by atoms with E-state index in [1.807, 2.05) is 0 Å². The van der Waals surface area contributed by atoms with Crippen LogP contribution in [0, 0.1) is 5.92 Å². The van der Waals surface area contributed by atoms with E-state index in [-0.39, 0.29) is 0 Å². The average Bonchev–Trinajstić information content (AvgIpc) is 2.29. The SMILES string of the molecule is CC(C)COCCCNCC1CCCCN1. The van der Waals surface area contributed by atoms with Crippen LogP contribution in [0.25, 0.3) is 0 Å². The van der Waals surface area contributed by atoms with E-state index < -0.39 is 0 Å². The third kappa shape index (κ3) is 7.20. The van der Waals surface area contributed by atoms with Crippen LogP contribution in [0.2, 0.25) is 0 Å². The van der Waals surface area contributed by atoms with Crippen molar-refractivity contribution in [3.63, 3.8) is 0 Å². The van der Waals surface area contributed by atoms with Crippen molar-refractivity contribution in [3.8, 4) is 0 Å². The van der Waals surface area contributed by atoms with Gasteiger partial charge in [0.2, 0.25) is 0 Å². The molecule has 0 aliphatic carbocycles. The minimum absolute atomic E-state index is 0.652. The standard InChI is InChI=1S/C13H28N2O/c1-12(2)11-16-9-5-7-14-10-13-6-3-4-8-15-13/h12-15H,3-11H2,1-2H3. The third-order valence-corrected chi connectivity index (χ3v) is 2.90. The van der Waals surface area contributed by atoms with Crippen LogP contribution in [-0.2, 0) is 4.74 Å². The lowest BCUT2D eigenvalue weighted by atomic mass is 10.1. The fraction of sp³-hybridized carbons (Fsp3) is 1.00. The van der Waals surface area contributed by atoms with Crippen LogP contribution in [0.4, 0.5) is 0 Å². The lowest BCUT2D eigenvalue weighted by molar-refractivity contribution is 0.108. The summed E-state index contributed by atoms with van der Waals surface area (Å²) < 4.78 is 5.53. The lowest BCUT2D eigenvalue weighted by Crippen LogP contribution is -2.42. The topological polar surface area (TPSA) is 33.3 Å². The zero-order chi connectivity index (χ0) is 11.6. The molecule has 1 saturated heterocycles. The second kappa shape index (κ2) is 8.97.